The van der Waals surface area contributed by atoms with Gasteiger partial charge in [0.15, 0.2) is 5.17 Å². The third-order valence-electron chi connectivity index (χ3n) is 3.20. The number of thioether (sulfide) groups is 1. The SMILES string of the molecule is C=C1CSC(=Nc2ccc(C)cc2)N1c1cccc(Cl)c1. The van der Waals surface area contributed by atoms with E-state index in [9.17, 15) is 0 Å². The van der Waals surface area contributed by atoms with Crippen LogP contribution in [0.3, 0.4) is 0 Å². The van der Waals surface area contributed by atoms with Gasteiger partial charge in [-0.25, -0.2) is 4.99 Å². The molecule has 21 heavy (non-hydrogen) atoms. The maximum Gasteiger partial charge on any atom is 0.173 e. The van der Waals surface area contributed by atoms with E-state index in [1.807, 2.05) is 36.4 Å². The van der Waals surface area contributed by atoms with Crippen LogP contribution in [0, 0.1) is 6.92 Å². The molecule has 0 saturated carbocycles. The van der Waals surface area contributed by atoms with Gasteiger partial charge < -0.3 is 0 Å². The number of benzene rings is 2. The Hall–Kier alpha value is -1.71. The van der Waals surface area contributed by atoms with E-state index in [0.29, 0.717) is 5.02 Å². The molecule has 1 aliphatic heterocycles. The largest absolute Gasteiger partial charge is 0.293 e. The highest BCUT2D eigenvalue weighted by Gasteiger charge is 2.25. The second-order valence-corrected chi connectivity index (χ2v) is 6.28. The van der Waals surface area contributed by atoms with Crippen LogP contribution in [-0.2, 0) is 0 Å². The number of anilines is 1. The van der Waals surface area contributed by atoms with Crippen LogP contribution >= 0.6 is 23.4 Å². The highest BCUT2D eigenvalue weighted by molar-refractivity contribution is 8.14. The molecule has 1 saturated heterocycles. The molecular formula is C17H15ClN2S. The quantitative estimate of drug-likeness (QED) is 0.737. The third kappa shape index (κ3) is 3.14. The van der Waals surface area contributed by atoms with E-state index >= 15 is 0 Å². The number of amidine groups is 1. The Balaban J connectivity index is 1.97. The molecule has 0 aliphatic carbocycles. The van der Waals surface area contributed by atoms with Gasteiger partial charge in [0.2, 0.25) is 0 Å². The molecule has 0 radical (unpaired) electrons. The van der Waals surface area contributed by atoms with Crippen molar-refractivity contribution >= 4 is 39.9 Å². The van der Waals surface area contributed by atoms with Gasteiger partial charge in [-0.1, -0.05) is 53.7 Å². The maximum atomic E-state index is 6.09. The minimum atomic E-state index is 0.715. The molecule has 0 spiro atoms. The number of halogens is 1. The summed E-state index contributed by atoms with van der Waals surface area (Å²) in [6.07, 6.45) is 0. The van der Waals surface area contributed by atoms with Crippen molar-refractivity contribution in [3.05, 3.63) is 71.4 Å². The fourth-order valence-electron chi connectivity index (χ4n) is 2.13. The van der Waals surface area contributed by atoms with Crippen molar-refractivity contribution in [1.82, 2.24) is 0 Å². The van der Waals surface area contributed by atoms with Crippen LogP contribution in [-0.4, -0.2) is 10.9 Å². The Morgan fingerprint density at radius 1 is 1.19 bits per heavy atom. The summed E-state index contributed by atoms with van der Waals surface area (Å²) in [6, 6.07) is 16.0. The van der Waals surface area contributed by atoms with Crippen LogP contribution in [0.5, 0.6) is 0 Å². The molecule has 0 N–H and O–H groups in total. The second kappa shape index (κ2) is 5.96. The number of aliphatic imine (C=N–C) groups is 1. The molecule has 2 aromatic carbocycles. The highest BCUT2D eigenvalue weighted by atomic mass is 35.5. The van der Waals surface area contributed by atoms with E-state index < -0.39 is 0 Å². The summed E-state index contributed by atoms with van der Waals surface area (Å²) in [5.41, 5.74) is 4.20. The zero-order valence-corrected chi connectivity index (χ0v) is 13.3. The summed E-state index contributed by atoms with van der Waals surface area (Å²) in [4.78, 5) is 6.80. The Morgan fingerprint density at radius 2 is 1.95 bits per heavy atom. The molecule has 4 heteroatoms. The summed E-state index contributed by atoms with van der Waals surface area (Å²) in [6.45, 7) is 6.20. The van der Waals surface area contributed by atoms with Gasteiger partial charge in [0, 0.05) is 22.2 Å². The van der Waals surface area contributed by atoms with Crippen molar-refractivity contribution in [2.45, 2.75) is 6.92 Å². The first kappa shape index (κ1) is 14.2. The molecule has 1 heterocycles. The van der Waals surface area contributed by atoms with Crippen LogP contribution in [0.4, 0.5) is 11.4 Å². The predicted molar refractivity (Wildman–Crippen MR) is 93.8 cm³/mol. The normalized spacial score (nSPS) is 16.8. The first-order valence-corrected chi connectivity index (χ1v) is 8.01. The van der Waals surface area contributed by atoms with Crippen LogP contribution in [0.2, 0.25) is 5.02 Å². The van der Waals surface area contributed by atoms with Gasteiger partial charge in [0.25, 0.3) is 0 Å². The van der Waals surface area contributed by atoms with Crippen LogP contribution in [0.15, 0.2) is 65.8 Å². The minimum absolute atomic E-state index is 0.715. The maximum absolute atomic E-state index is 6.09. The van der Waals surface area contributed by atoms with Crippen LogP contribution in [0.1, 0.15) is 5.56 Å². The fourth-order valence-corrected chi connectivity index (χ4v) is 3.28. The standard InChI is InChI=1S/C17H15ClN2S/c1-12-6-8-15(9-7-12)19-17-20(13(2)11-21-17)16-5-3-4-14(18)10-16/h3-10H,2,11H2,1H3. The summed E-state index contributed by atoms with van der Waals surface area (Å²) in [5, 5.41) is 1.65. The van der Waals surface area contributed by atoms with E-state index in [-0.39, 0.29) is 0 Å². The lowest BCUT2D eigenvalue weighted by Crippen LogP contribution is -2.21. The molecule has 0 bridgehead atoms. The second-order valence-electron chi connectivity index (χ2n) is 4.90. The predicted octanol–water partition coefficient (Wildman–Crippen LogP) is 5.40. The zero-order valence-electron chi connectivity index (χ0n) is 11.7. The third-order valence-corrected chi connectivity index (χ3v) is 4.45. The number of rotatable bonds is 2. The van der Waals surface area contributed by atoms with E-state index in [4.69, 9.17) is 16.6 Å². The van der Waals surface area contributed by atoms with E-state index in [1.54, 1.807) is 11.8 Å². The summed E-state index contributed by atoms with van der Waals surface area (Å²) in [5.74, 6) is 0.844. The highest BCUT2D eigenvalue weighted by Crippen LogP contribution is 2.34. The first-order valence-electron chi connectivity index (χ1n) is 6.65. The number of aryl methyl sites for hydroxylation is 1. The fraction of sp³-hybridized carbons (Fsp3) is 0.118. The Bertz CT molecular complexity index is 707. The molecule has 1 aliphatic rings. The van der Waals surface area contributed by atoms with Crippen molar-refractivity contribution in [3.63, 3.8) is 0 Å². The number of hydrogen-bond acceptors (Lipinski definition) is 2. The van der Waals surface area contributed by atoms with Gasteiger partial charge in [-0.15, -0.1) is 0 Å². The van der Waals surface area contributed by atoms with Crippen LogP contribution in [0.25, 0.3) is 0 Å². The van der Waals surface area contributed by atoms with Gasteiger partial charge in [-0.3, -0.25) is 4.90 Å². The average Bonchev–Trinajstić information content (AvgIpc) is 2.82. The lowest BCUT2D eigenvalue weighted by atomic mass is 10.2. The molecule has 106 valence electrons. The summed E-state index contributed by atoms with van der Waals surface area (Å²) in [7, 11) is 0. The van der Waals surface area contributed by atoms with E-state index in [2.05, 4.69) is 30.5 Å². The monoisotopic (exact) mass is 314 g/mol. The minimum Gasteiger partial charge on any atom is -0.293 e. The molecule has 2 nitrogen and oxygen atoms in total. The molecule has 2 aromatic rings. The summed E-state index contributed by atoms with van der Waals surface area (Å²) < 4.78 is 0. The molecule has 0 atom stereocenters. The van der Waals surface area contributed by atoms with E-state index in [0.717, 1.165) is 28.0 Å². The summed E-state index contributed by atoms with van der Waals surface area (Å²) >= 11 is 7.78. The molecule has 0 amide bonds. The lowest BCUT2D eigenvalue weighted by molar-refractivity contribution is 1.25. The van der Waals surface area contributed by atoms with E-state index in [1.165, 1.54) is 5.56 Å². The first-order chi connectivity index (χ1) is 10.1. The number of hydrogen-bond donors (Lipinski definition) is 0. The molecule has 0 aromatic heterocycles. The van der Waals surface area contributed by atoms with Crippen molar-refractivity contribution in [3.8, 4) is 0 Å². The van der Waals surface area contributed by atoms with Gasteiger partial charge in [-0.05, 0) is 37.3 Å². The smallest absolute Gasteiger partial charge is 0.173 e. The van der Waals surface area contributed by atoms with Gasteiger partial charge in [0.1, 0.15) is 0 Å². The van der Waals surface area contributed by atoms with Gasteiger partial charge >= 0.3 is 0 Å². The van der Waals surface area contributed by atoms with Crippen molar-refractivity contribution < 1.29 is 0 Å². The Labute approximate surface area is 134 Å². The molecular weight excluding hydrogens is 300 g/mol. The zero-order chi connectivity index (χ0) is 14.8. The topological polar surface area (TPSA) is 15.6 Å². The van der Waals surface area contributed by atoms with Gasteiger partial charge in [0.05, 0.1) is 5.69 Å². The van der Waals surface area contributed by atoms with Crippen molar-refractivity contribution in [2.24, 2.45) is 4.99 Å². The molecule has 1 fully saturated rings. The molecule has 3 rings (SSSR count). The Morgan fingerprint density at radius 3 is 2.67 bits per heavy atom. The number of nitrogens with zero attached hydrogens (tertiary/aromatic N) is 2. The molecule has 0 unspecified atom stereocenters. The van der Waals surface area contributed by atoms with Crippen LogP contribution < -0.4 is 4.90 Å². The van der Waals surface area contributed by atoms with Crippen molar-refractivity contribution in [1.29, 1.82) is 0 Å². The lowest BCUT2D eigenvalue weighted by Gasteiger charge is -2.19. The average molecular weight is 315 g/mol. The van der Waals surface area contributed by atoms with Crippen molar-refractivity contribution in [2.75, 3.05) is 10.7 Å². The Kier molecular flexibility index (Phi) is 4.04. The van der Waals surface area contributed by atoms with Gasteiger partial charge in [-0.2, -0.15) is 0 Å².